The Kier molecular flexibility index (Phi) is 8.56. The van der Waals surface area contributed by atoms with Gasteiger partial charge in [0, 0.05) is 12.5 Å². The molecule has 1 atom stereocenters. The largest absolute Gasteiger partial charge is 1.00 e. The first kappa shape index (κ1) is 24.3. The molecule has 0 saturated carbocycles. The summed E-state index contributed by atoms with van der Waals surface area (Å²) in [6.07, 6.45) is 0.311. The monoisotopic (exact) mass is 389 g/mol. The van der Waals surface area contributed by atoms with Crippen molar-refractivity contribution in [3.05, 3.63) is 22.9 Å². The molecule has 0 unspecified atom stereocenters. The maximum atomic E-state index is 12.2. The number of carboxylic acids is 2. The van der Waals surface area contributed by atoms with Gasteiger partial charge in [-0.25, -0.2) is 8.42 Å². The van der Waals surface area contributed by atoms with Crippen LogP contribution >= 0.6 is 0 Å². The quantitative estimate of drug-likeness (QED) is 0.197. The van der Waals surface area contributed by atoms with Gasteiger partial charge in [-0.2, -0.15) is 0 Å². The standard InChI is InChI=1S/C12H11NO9S.2Na/c1-5(14)22-3-6-4-23(20,21)11-7(2-8(15)16)10(17)13(11)9(6)12(18)19;;/h2,11H,3-4H2,1H3,(H,15,16)(H,18,19);;/q;2*+1/p-2/b7-2-;;/t11-;;/m1../s1. The van der Waals surface area contributed by atoms with Crippen molar-refractivity contribution in [3.63, 3.8) is 0 Å². The minimum Gasteiger partial charge on any atom is -0.545 e. The number of amides is 1. The first-order valence-electron chi connectivity index (χ1n) is 6.10. The summed E-state index contributed by atoms with van der Waals surface area (Å²) in [4.78, 5) is 44.9. The van der Waals surface area contributed by atoms with Gasteiger partial charge >= 0.3 is 65.1 Å². The summed E-state index contributed by atoms with van der Waals surface area (Å²) in [7, 11) is -4.11. The van der Waals surface area contributed by atoms with Crippen molar-refractivity contribution in [1.82, 2.24) is 4.90 Å². The molecule has 0 aliphatic carbocycles. The van der Waals surface area contributed by atoms with Crippen molar-refractivity contribution in [1.29, 1.82) is 0 Å². The van der Waals surface area contributed by atoms with Gasteiger partial charge in [-0.3, -0.25) is 14.5 Å². The van der Waals surface area contributed by atoms with Crippen molar-refractivity contribution < 1.29 is 102 Å². The molecule has 25 heavy (non-hydrogen) atoms. The molecule has 0 N–H and O–H groups in total. The molecule has 2 heterocycles. The second-order valence-electron chi connectivity index (χ2n) is 4.77. The fraction of sp³-hybridized carbons (Fsp3) is 0.333. The Morgan fingerprint density at radius 3 is 2.28 bits per heavy atom. The van der Waals surface area contributed by atoms with Crippen LogP contribution in [0, 0.1) is 0 Å². The fourth-order valence-electron chi connectivity index (χ4n) is 2.36. The molecule has 13 heteroatoms. The number of carbonyl (C=O) groups is 4. The summed E-state index contributed by atoms with van der Waals surface area (Å²) >= 11 is 0. The van der Waals surface area contributed by atoms with Gasteiger partial charge in [-0.05, 0) is 6.08 Å². The number of nitrogens with zero attached hydrogens (tertiary/aromatic N) is 1. The number of aliphatic carboxylic acids is 2. The van der Waals surface area contributed by atoms with Crippen LogP contribution in [-0.4, -0.2) is 54.9 Å². The van der Waals surface area contributed by atoms with Gasteiger partial charge in [-0.15, -0.1) is 0 Å². The third kappa shape index (κ3) is 4.73. The van der Waals surface area contributed by atoms with Crippen LogP contribution in [0.5, 0.6) is 0 Å². The zero-order valence-corrected chi connectivity index (χ0v) is 18.4. The molecule has 0 spiro atoms. The number of esters is 1. The van der Waals surface area contributed by atoms with Gasteiger partial charge < -0.3 is 24.5 Å². The van der Waals surface area contributed by atoms with E-state index in [1.165, 1.54) is 0 Å². The smallest absolute Gasteiger partial charge is 0.545 e. The molecular weight excluding hydrogens is 380 g/mol. The van der Waals surface area contributed by atoms with Gasteiger partial charge in [0.15, 0.2) is 15.2 Å². The average Bonchev–Trinajstić information content (AvgIpc) is 2.40. The van der Waals surface area contributed by atoms with E-state index in [4.69, 9.17) is 0 Å². The van der Waals surface area contributed by atoms with Crippen molar-refractivity contribution in [2.75, 3.05) is 12.4 Å². The predicted octanol–water partition coefficient (Wildman–Crippen LogP) is -10.2. The molecule has 1 saturated heterocycles. The normalized spacial score (nSPS) is 22.1. The first-order chi connectivity index (χ1) is 10.6. The van der Waals surface area contributed by atoms with Gasteiger partial charge in [0.05, 0.1) is 29.0 Å². The summed E-state index contributed by atoms with van der Waals surface area (Å²) < 4.78 is 28.9. The molecule has 10 nitrogen and oxygen atoms in total. The number of β-lactam (4-membered cyclic amide) rings is 1. The number of hydrogen-bond acceptors (Lipinski definition) is 9. The second-order valence-corrected chi connectivity index (χ2v) is 6.83. The SMILES string of the molecule is CC(=O)OCC1=C(C(=O)[O-])N2C(=O)/C(=C/C(=O)[O-])[C@H]2S(=O)(=O)C1.[Na+].[Na+]. The molecule has 0 aromatic rings. The van der Waals surface area contributed by atoms with Crippen LogP contribution in [0.2, 0.25) is 0 Å². The average molecular weight is 389 g/mol. The maximum absolute atomic E-state index is 12.2. The topological polar surface area (TPSA) is 161 Å². The van der Waals surface area contributed by atoms with Crippen LogP contribution in [0.4, 0.5) is 0 Å². The summed E-state index contributed by atoms with van der Waals surface area (Å²) in [5.41, 5.74) is -1.68. The number of fused-ring (bicyclic) bond motifs is 1. The van der Waals surface area contributed by atoms with Crippen LogP contribution in [0.1, 0.15) is 6.92 Å². The number of hydrogen-bond donors (Lipinski definition) is 0. The molecule has 0 aromatic heterocycles. The number of rotatable bonds is 4. The first-order valence-corrected chi connectivity index (χ1v) is 7.82. The van der Waals surface area contributed by atoms with E-state index in [9.17, 15) is 37.8 Å². The van der Waals surface area contributed by atoms with E-state index in [-0.39, 0.29) is 64.7 Å². The molecule has 1 amide bonds. The van der Waals surface area contributed by atoms with E-state index < -0.39 is 62.7 Å². The third-order valence-electron chi connectivity index (χ3n) is 3.17. The van der Waals surface area contributed by atoms with Crippen molar-refractivity contribution in [2.45, 2.75) is 12.3 Å². The van der Waals surface area contributed by atoms with Crippen molar-refractivity contribution >= 4 is 33.7 Å². The summed E-state index contributed by atoms with van der Waals surface area (Å²) in [6, 6.07) is 0. The van der Waals surface area contributed by atoms with Crippen LogP contribution in [0.25, 0.3) is 0 Å². The van der Waals surface area contributed by atoms with Crippen molar-refractivity contribution in [2.24, 2.45) is 0 Å². The van der Waals surface area contributed by atoms with Gasteiger partial charge in [0.25, 0.3) is 5.91 Å². The fourth-order valence-corrected chi connectivity index (χ4v) is 4.30. The van der Waals surface area contributed by atoms with Gasteiger partial charge in [-0.1, -0.05) is 0 Å². The summed E-state index contributed by atoms with van der Waals surface area (Å²) in [6.45, 7) is 0.392. The Labute approximate surface area is 186 Å². The Morgan fingerprint density at radius 1 is 1.28 bits per heavy atom. The van der Waals surface area contributed by atoms with E-state index in [1.54, 1.807) is 0 Å². The molecule has 1 fully saturated rings. The van der Waals surface area contributed by atoms with Gasteiger partial charge in [0.1, 0.15) is 6.61 Å². The minimum absolute atomic E-state index is 0. The van der Waals surface area contributed by atoms with Crippen LogP contribution in [-0.2, 0) is 33.8 Å². The molecule has 2 aliphatic heterocycles. The maximum Gasteiger partial charge on any atom is 1.00 e. The van der Waals surface area contributed by atoms with E-state index in [2.05, 4.69) is 4.74 Å². The molecule has 124 valence electrons. The van der Waals surface area contributed by atoms with Gasteiger partial charge in [0.2, 0.25) is 0 Å². The van der Waals surface area contributed by atoms with E-state index in [0.717, 1.165) is 6.92 Å². The summed E-state index contributed by atoms with van der Waals surface area (Å²) in [5, 5.41) is 20.0. The van der Waals surface area contributed by atoms with E-state index in [1.807, 2.05) is 0 Å². The predicted molar refractivity (Wildman–Crippen MR) is 66.2 cm³/mol. The Balaban J connectivity index is 0.00000288. The molecule has 2 rings (SSSR count). The van der Waals surface area contributed by atoms with E-state index >= 15 is 0 Å². The molecule has 0 radical (unpaired) electrons. The summed E-state index contributed by atoms with van der Waals surface area (Å²) in [5.74, 6) is -6.33. The Morgan fingerprint density at radius 2 is 1.84 bits per heavy atom. The molecular formula is C12H9NNa2O9S. The van der Waals surface area contributed by atoms with E-state index in [0.29, 0.717) is 11.0 Å². The molecule has 0 aromatic carbocycles. The van der Waals surface area contributed by atoms with Crippen LogP contribution in [0.15, 0.2) is 22.9 Å². The Hall–Kier alpha value is -0.690. The molecule has 2 aliphatic rings. The Bertz CT molecular complexity index is 799. The number of carbonyl (C=O) groups excluding carboxylic acids is 4. The minimum atomic E-state index is -4.11. The zero-order chi connectivity index (χ0) is 17.5. The number of carboxylic acid groups (broad SMARTS) is 2. The number of sulfone groups is 1. The van der Waals surface area contributed by atoms with Crippen LogP contribution < -0.4 is 69.3 Å². The molecule has 0 bridgehead atoms. The second kappa shape index (κ2) is 8.80. The number of ether oxygens (including phenoxy) is 1. The third-order valence-corrected chi connectivity index (χ3v) is 5.07. The van der Waals surface area contributed by atoms with Crippen molar-refractivity contribution in [3.8, 4) is 0 Å². The zero-order valence-electron chi connectivity index (χ0n) is 13.6. The van der Waals surface area contributed by atoms with Crippen LogP contribution in [0.3, 0.4) is 0 Å².